The average Bonchev–Trinajstić information content (AvgIpc) is 3.15. The Bertz CT molecular complexity index is 796. The number of amides is 1. The number of hydrogen-bond acceptors (Lipinski definition) is 4. The van der Waals surface area contributed by atoms with Crippen LogP contribution in [-0.4, -0.2) is 53.5 Å². The molecule has 0 radical (unpaired) electrons. The number of ether oxygens (including phenoxy) is 1. The molecule has 0 unspecified atom stereocenters. The Morgan fingerprint density at radius 2 is 2.04 bits per heavy atom. The molecule has 26 heavy (non-hydrogen) atoms. The van der Waals surface area contributed by atoms with Gasteiger partial charge in [0.05, 0.1) is 12.3 Å². The van der Waals surface area contributed by atoms with Crippen LogP contribution >= 0.6 is 0 Å². The summed E-state index contributed by atoms with van der Waals surface area (Å²) in [6.45, 7) is 4.88. The molecule has 1 aromatic carbocycles. The van der Waals surface area contributed by atoms with Gasteiger partial charge in [0.25, 0.3) is 0 Å². The summed E-state index contributed by atoms with van der Waals surface area (Å²) in [7, 11) is 0. The fourth-order valence-corrected chi connectivity index (χ4v) is 3.43. The highest BCUT2D eigenvalue weighted by Crippen LogP contribution is 2.26. The molecule has 134 valence electrons. The van der Waals surface area contributed by atoms with Crippen LogP contribution in [0.5, 0.6) is 5.75 Å². The van der Waals surface area contributed by atoms with Gasteiger partial charge in [-0.1, -0.05) is 12.1 Å². The number of fused-ring (bicyclic) bond motifs is 1. The molecule has 0 N–H and O–H groups in total. The molecule has 2 aromatic rings. The number of aromatic nitrogens is 1. The van der Waals surface area contributed by atoms with Crippen LogP contribution in [0.4, 0.5) is 0 Å². The summed E-state index contributed by atoms with van der Waals surface area (Å²) in [4.78, 5) is 21.1. The Balaban J connectivity index is 1.29. The molecule has 0 saturated carbocycles. The van der Waals surface area contributed by atoms with Gasteiger partial charge >= 0.3 is 0 Å². The zero-order valence-corrected chi connectivity index (χ0v) is 14.8. The second-order valence-electron chi connectivity index (χ2n) is 6.72. The van der Waals surface area contributed by atoms with Crippen molar-refractivity contribution in [3.05, 3.63) is 65.5 Å². The van der Waals surface area contributed by atoms with Crippen LogP contribution in [0.2, 0.25) is 0 Å². The third-order valence-corrected chi connectivity index (χ3v) is 4.93. The van der Waals surface area contributed by atoms with Crippen molar-refractivity contribution in [2.75, 3.05) is 32.8 Å². The molecule has 2 aliphatic heterocycles. The third kappa shape index (κ3) is 3.94. The van der Waals surface area contributed by atoms with Crippen LogP contribution in [0.3, 0.4) is 0 Å². The van der Waals surface area contributed by atoms with Gasteiger partial charge in [0.1, 0.15) is 5.75 Å². The van der Waals surface area contributed by atoms with E-state index >= 15 is 0 Å². The second-order valence-corrected chi connectivity index (χ2v) is 6.72. The molecule has 2 aliphatic rings. The predicted molar refractivity (Wildman–Crippen MR) is 101 cm³/mol. The Labute approximate surface area is 153 Å². The number of pyridine rings is 1. The minimum atomic E-state index is 0.0826. The molecule has 3 heterocycles. The van der Waals surface area contributed by atoms with Crippen molar-refractivity contribution < 1.29 is 9.53 Å². The molecule has 0 spiro atoms. The SMILES string of the molecule is O=C(/C=C/c1ccc2c(c1)CCO2)N1CCN(Cc2ccccn2)CC1. The fourth-order valence-electron chi connectivity index (χ4n) is 3.43. The minimum Gasteiger partial charge on any atom is -0.493 e. The van der Waals surface area contributed by atoms with E-state index in [0.29, 0.717) is 0 Å². The highest BCUT2D eigenvalue weighted by molar-refractivity contribution is 5.91. The normalized spacial score (nSPS) is 17.3. The zero-order chi connectivity index (χ0) is 17.8. The lowest BCUT2D eigenvalue weighted by Gasteiger charge is -2.34. The smallest absolute Gasteiger partial charge is 0.246 e. The van der Waals surface area contributed by atoms with E-state index in [1.54, 1.807) is 6.08 Å². The molecule has 1 aromatic heterocycles. The van der Waals surface area contributed by atoms with Gasteiger partial charge in [-0.15, -0.1) is 0 Å². The van der Waals surface area contributed by atoms with E-state index < -0.39 is 0 Å². The van der Waals surface area contributed by atoms with Gasteiger partial charge in [-0.2, -0.15) is 0 Å². The van der Waals surface area contributed by atoms with E-state index in [4.69, 9.17) is 4.74 Å². The van der Waals surface area contributed by atoms with E-state index in [0.717, 1.165) is 62.8 Å². The van der Waals surface area contributed by atoms with Crippen molar-refractivity contribution in [1.29, 1.82) is 0 Å². The summed E-state index contributed by atoms with van der Waals surface area (Å²) in [5.74, 6) is 1.05. The summed E-state index contributed by atoms with van der Waals surface area (Å²) < 4.78 is 5.52. The lowest BCUT2D eigenvalue weighted by Crippen LogP contribution is -2.47. The summed E-state index contributed by atoms with van der Waals surface area (Å²) in [6, 6.07) is 12.1. The highest BCUT2D eigenvalue weighted by Gasteiger charge is 2.20. The lowest BCUT2D eigenvalue weighted by molar-refractivity contribution is -0.127. The van der Waals surface area contributed by atoms with Crippen molar-refractivity contribution in [3.8, 4) is 5.75 Å². The first-order chi connectivity index (χ1) is 12.8. The number of piperazine rings is 1. The van der Waals surface area contributed by atoms with Crippen LogP contribution in [0.15, 0.2) is 48.7 Å². The number of benzene rings is 1. The first kappa shape index (κ1) is 16.8. The summed E-state index contributed by atoms with van der Waals surface area (Å²) in [6.07, 6.45) is 6.36. The Morgan fingerprint density at radius 3 is 2.85 bits per heavy atom. The predicted octanol–water partition coefficient (Wildman–Crippen LogP) is 2.37. The van der Waals surface area contributed by atoms with Gasteiger partial charge in [0, 0.05) is 51.4 Å². The standard InChI is InChI=1S/C21H23N3O2/c25-21(7-5-17-4-6-20-18(15-17)8-14-26-20)24-12-10-23(11-13-24)16-19-3-1-2-9-22-19/h1-7,9,15H,8,10-14,16H2/b7-5+. The van der Waals surface area contributed by atoms with Gasteiger partial charge in [-0.25, -0.2) is 0 Å². The highest BCUT2D eigenvalue weighted by atomic mass is 16.5. The maximum atomic E-state index is 12.5. The average molecular weight is 349 g/mol. The quantitative estimate of drug-likeness (QED) is 0.795. The van der Waals surface area contributed by atoms with Crippen LogP contribution in [-0.2, 0) is 17.8 Å². The van der Waals surface area contributed by atoms with Gasteiger partial charge in [-0.05, 0) is 41.5 Å². The van der Waals surface area contributed by atoms with Crippen LogP contribution in [0, 0.1) is 0 Å². The maximum Gasteiger partial charge on any atom is 0.246 e. The van der Waals surface area contributed by atoms with E-state index in [9.17, 15) is 4.79 Å². The Hall–Kier alpha value is -2.66. The van der Waals surface area contributed by atoms with Gasteiger partial charge in [0.2, 0.25) is 5.91 Å². The monoisotopic (exact) mass is 349 g/mol. The topological polar surface area (TPSA) is 45.7 Å². The number of rotatable bonds is 4. The van der Waals surface area contributed by atoms with Crippen molar-refractivity contribution in [3.63, 3.8) is 0 Å². The van der Waals surface area contributed by atoms with Gasteiger partial charge in [0.15, 0.2) is 0 Å². The van der Waals surface area contributed by atoms with E-state index in [-0.39, 0.29) is 5.91 Å². The Morgan fingerprint density at radius 1 is 1.15 bits per heavy atom. The number of carbonyl (C=O) groups is 1. The van der Waals surface area contributed by atoms with Crippen molar-refractivity contribution in [2.45, 2.75) is 13.0 Å². The molecule has 1 amide bonds. The zero-order valence-electron chi connectivity index (χ0n) is 14.8. The van der Waals surface area contributed by atoms with Crippen LogP contribution < -0.4 is 4.74 Å². The molecule has 1 saturated heterocycles. The van der Waals surface area contributed by atoms with E-state index in [2.05, 4.69) is 16.0 Å². The van der Waals surface area contributed by atoms with Crippen molar-refractivity contribution >= 4 is 12.0 Å². The molecule has 4 rings (SSSR count). The van der Waals surface area contributed by atoms with E-state index in [1.807, 2.05) is 47.5 Å². The third-order valence-electron chi connectivity index (χ3n) is 4.93. The van der Waals surface area contributed by atoms with Crippen LogP contribution in [0.25, 0.3) is 6.08 Å². The molecule has 0 aliphatic carbocycles. The van der Waals surface area contributed by atoms with Crippen molar-refractivity contribution in [1.82, 2.24) is 14.8 Å². The minimum absolute atomic E-state index is 0.0826. The van der Waals surface area contributed by atoms with Gasteiger partial charge < -0.3 is 9.64 Å². The summed E-state index contributed by atoms with van der Waals surface area (Å²) in [5, 5.41) is 0. The first-order valence-corrected chi connectivity index (χ1v) is 9.13. The maximum absolute atomic E-state index is 12.5. The molecule has 1 fully saturated rings. The van der Waals surface area contributed by atoms with Gasteiger partial charge in [-0.3, -0.25) is 14.7 Å². The molecular weight excluding hydrogens is 326 g/mol. The molecule has 5 nitrogen and oxygen atoms in total. The summed E-state index contributed by atoms with van der Waals surface area (Å²) >= 11 is 0. The van der Waals surface area contributed by atoms with E-state index in [1.165, 1.54) is 5.56 Å². The molecule has 5 heteroatoms. The molecule has 0 atom stereocenters. The number of hydrogen-bond donors (Lipinski definition) is 0. The number of carbonyl (C=O) groups excluding carboxylic acids is 1. The second kappa shape index (κ2) is 7.70. The van der Waals surface area contributed by atoms with Crippen molar-refractivity contribution in [2.24, 2.45) is 0 Å². The molecule has 0 bridgehead atoms. The fraction of sp³-hybridized carbons (Fsp3) is 0.333. The lowest BCUT2D eigenvalue weighted by atomic mass is 10.1. The largest absolute Gasteiger partial charge is 0.493 e. The summed E-state index contributed by atoms with van der Waals surface area (Å²) in [5.41, 5.74) is 3.35. The first-order valence-electron chi connectivity index (χ1n) is 9.13. The Kier molecular flexibility index (Phi) is 4.97. The van der Waals surface area contributed by atoms with Crippen LogP contribution in [0.1, 0.15) is 16.8 Å². The molecular formula is C21H23N3O2. The number of nitrogens with zero attached hydrogens (tertiary/aromatic N) is 3.